The first-order valence-corrected chi connectivity index (χ1v) is 5.34. The molecule has 1 aliphatic carbocycles. The van der Waals surface area contributed by atoms with Gasteiger partial charge in [-0.3, -0.25) is 0 Å². The van der Waals surface area contributed by atoms with Gasteiger partial charge in [0, 0.05) is 6.42 Å². The number of rotatable bonds is 2. The summed E-state index contributed by atoms with van der Waals surface area (Å²) >= 11 is 0. The molecule has 1 heteroatoms. The maximum atomic E-state index is 8.55. The topological polar surface area (TPSA) is 23.8 Å². The van der Waals surface area contributed by atoms with Gasteiger partial charge in [-0.15, -0.1) is 0 Å². The zero-order valence-corrected chi connectivity index (χ0v) is 9.21. The van der Waals surface area contributed by atoms with Crippen molar-refractivity contribution >= 4 is 0 Å². The maximum absolute atomic E-state index is 8.55. The van der Waals surface area contributed by atoms with Crippen molar-refractivity contribution in [2.24, 2.45) is 0 Å². The molecule has 0 spiro atoms. The van der Waals surface area contributed by atoms with Crippen LogP contribution in [0.3, 0.4) is 0 Å². The third kappa shape index (κ3) is 5.62. The fourth-order valence-electron chi connectivity index (χ4n) is 1.23. The Bertz CT molecular complexity index is 409. The summed E-state index contributed by atoms with van der Waals surface area (Å²) in [6.07, 6.45) is 23.3. The van der Waals surface area contributed by atoms with Gasteiger partial charge in [-0.25, -0.2) is 0 Å². The van der Waals surface area contributed by atoms with Crippen LogP contribution >= 0.6 is 0 Å². The van der Waals surface area contributed by atoms with E-state index < -0.39 is 0 Å². The fourth-order valence-corrected chi connectivity index (χ4v) is 1.23. The zero-order chi connectivity index (χ0) is 11.5. The first-order valence-electron chi connectivity index (χ1n) is 5.34. The van der Waals surface area contributed by atoms with Gasteiger partial charge in [0.05, 0.1) is 6.07 Å². The van der Waals surface area contributed by atoms with E-state index in [1.165, 1.54) is 5.57 Å². The summed E-state index contributed by atoms with van der Waals surface area (Å²) < 4.78 is 0. The molecule has 16 heavy (non-hydrogen) atoms. The predicted octanol–water partition coefficient (Wildman–Crippen LogP) is 4.01. The summed E-state index contributed by atoms with van der Waals surface area (Å²) in [7, 11) is 0. The van der Waals surface area contributed by atoms with E-state index >= 15 is 0 Å². The lowest BCUT2D eigenvalue weighted by atomic mass is 10.1. The van der Waals surface area contributed by atoms with E-state index in [0.29, 0.717) is 6.42 Å². The van der Waals surface area contributed by atoms with E-state index in [9.17, 15) is 0 Å². The maximum Gasteiger partial charge on any atom is 0.0625 e. The molecule has 0 N–H and O–H groups in total. The average Bonchev–Trinajstić information content (AvgIpc) is 2.28. The van der Waals surface area contributed by atoms with Gasteiger partial charge in [0.1, 0.15) is 0 Å². The number of nitriles is 1. The van der Waals surface area contributed by atoms with Crippen LogP contribution in [0.1, 0.15) is 12.8 Å². The van der Waals surface area contributed by atoms with Gasteiger partial charge in [-0.1, -0.05) is 66.8 Å². The molecule has 0 saturated heterocycles. The largest absolute Gasteiger partial charge is 0.198 e. The molecule has 0 unspecified atom stereocenters. The highest BCUT2D eigenvalue weighted by Crippen LogP contribution is 2.07. The molecular weight excluding hydrogens is 194 g/mol. The van der Waals surface area contributed by atoms with E-state index in [0.717, 1.165) is 6.42 Å². The van der Waals surface area contributed by atoms with Gasteiger partial charge in [-0.2, -0.15) is 5.26 Å². The molecule has 1 nitrogen and oxygen atoms in total. The molecule has 0 amide bonds. The first-order chi connectivity index (χ1) is 7.93. The Hall–Kier alpha value is -2.07. The van der Waals surface area contributed by atoms with Crippen LogP contribution in [0.2, 0.25) is 0 Å². The summed E-state index contributed by atoms with van der Waals surface area (Å²) in [5.41, 5.74) is 1.17. The fraction of sp³-hybridized carbons (Fsp3) is 0.133. The van der Waals surface area contributed by atoms with Crippen LogP contribution in [-0.2, 0) is 0 Å². The van der Waals surface area contributed by atoms with E-state index in [4.69, 9.17) is 5.26 Å². The van der Waals surface area contributed by atoms with Crippen LogP contribution in [0.25, 0.3) is 0 Å². The van der Waals surface area contributed by atoms with Crippen molar-refractivity contribution < 1.29 is 0 Å². The van der Waals surface area contributed by atoms with Gasteiger partial charge in [0.15, 0.2) is 0 Å². The Labute approximate surface area is 97.1 Å². The quantitative estimate of drug-likeness (QED) is 0.674. The molecule has 0 bridgehead atoms. The molecular formula is C15H15N. The molecule has 0 heterocycles. The highest BCUT2D eigenvalue weighted by molar-refractivity contribution is 5.29. The molecule has 0 aromatic carbocycles. The Morgan fingerprint density at radius 3 is 2.00 bits per heavy atom. The second-order valence-electron chi connectivity index (χ2n) is 3.30. The van der Waals surface area contributed by atoms with Gasteiger partial charge < -0.3 is 0 Å². The normalized spacial score (nSPS) is 28.3. The molecule has 0 aliphatic heterocycles. The predicted molar refractivity (Wildman–Crippen MR) is 68.6 cm³/mol. The molecule has 0 saturated carbocycles. The van der Waals surface area contributed by atoms with Gasteiger partial charge in [0.25, 0.3) is 0 Å². The van der Waals surface area contributed by atoms with E-state index in [1.807, 2.05) is 66.8 Å². The zero-order valence-electron chi connectivity index (χ0n) is 9.21. The van der Waals surface area contributed by atoms with Gasteiger partial charge in [0.2, 0.25) is 0 Å². The smallest absolute Gasteiger partial charge is 0.0625 e. The Balaban J connectivity index is 2.76. The number of hydrogen-bond acceptors (Lipinski definition) is 1. The molecule has 0 aromatic rings. The second kappa shape index (κ2) is 8.26. The number of allylic oxidation sites excluding steroid dienone is 12. The Kier molecular flexibility index (Phi) is 6.19. The van der Waals surface area contributed by atoms with Gasteiger partial charge >= 0.3 is 0 Å². The van der Waals surface area contributed by atoms with Crippen LogP contribution < -0.4 is 0 Å². The van der Waals surface area contributed by atoms with Crippen LogP contribution in [0.15, 0.2) is 72.4 Å². The van der Waals surface area contributed by atoms with Crippen molar-refractivity contribution in [1.82, 2.24) is 0 Å². The molecule has 0 aromatic heterocycles. The molecule has 1 aliphatic rings. The van der Waals surface area contributed by atoms with Crippen molar-refractivity contribution in [2.45, 2.75) is 12.8 Å². The molecule has 0 atom stereocenters. The standard InChI is InChI=1S/C15H15N/c16-14-10-13-15-11-8-6-4-2-1-3-5-7-9-12-15/h1-9,11-12H,10,13H2/b2-1-,3-1?,4-2?,5-3-,6-4-,7-5?,8-6?,9-7-,11-8-,12-9?,15-11?,15-12+. The van der Waals surface area contributed by atoms with Crippen molar-refractivity contribution in [3.8, 4) is 6.07 Å². The van der Waals surface area contributed by atoms with Crippen molar-refractivity contribution in [3.05, 3.63) is 72.4 Å². The van der Waals surface area contributed by atoms with Crippen LogP contribution in [-0.4, -0.2) is 0 Å². The SMILES string of the molecule is N#CCCC1=C/C=C\C=C/C=C\C=C/C=C\1. The number of hydrogen-bond donors (Lipinski definition) is 0. The monoisotopic (exact) mass is 209 g/mol. The first kappa shape index (κ1) is 12.0. The third-order valence-electron chi connectivity index (χ3n) is 2.03. The average molecular weight is 209 g/mol. The molecule has 80 valence electrons. The minimum Gasteiger partial charge on any atom is -0.198 e. The summed E-state index contributed by atoms with van der Waals surface area (Å²) in [5, 5.41) is 8.55. The minimum atomic E-state index is 0.559. The third-order valence-corrected chi connectivity index (χ3v) is 2.03. The van der Waals surface area contributed by atoms with Crippen molar-refractivity contribution in [2.75, 3.05) is 0 Å². The van der Waals surface area contributed by atoms with Crippen LogP contribution in [0.4, 0.5) is 0 Å². The lowest BCUT2D eigenvalue weighted by Crippen LogP contribution is -1.77. The lowest BCUT2D eigenvalue weighted by molar-refractivity contribution is 1.02. The lowest BCUT2D eigenvalue weighted by Gasteiger charge is -1.95. The van der Waals surface area contributed by atoms with Crippen LogP contribution in [0, 0.1) is 11.3 Å². The van der Waals surface area contributed by atoms with Crippen molar-refractivity contribution in [1.29, 1.82) is 5.26 Å². The van der Waals surface area contributed by atoms with E-state index in [1.54, 1.807) is 0 Å². The minimum absolute atomic E-state index is 0.559. The second-order valence-corrected chi connectivity index (χ2v) is 3.30. The number of nitrogens with zero attached hydrogens (tertiary/aromatic N) is 1. The van der Waals surface area contributed by atoms with Crippen molar-refractivity contribution in [3.63, 3.8) is 0 Å². The summed E-state index contributed by atoms with van der Waals surface area (Å²) in [4.78, 5) is 0. The highest BCUT2D eigenvalue weighted by atomic mass is 14.2. The summed E-state index contributed by atoms with van der Waals surface area (Å²) in [6.45, 7) is 0. The highest BCUT2D eigenvalue weighted by Gasteiger charge is 1.89. The van der Waals surface area contributed by atoms with E-state index in [-0.39, 0.29) is 0 Å². The molecule has 0 radical (unpaired) electrons. The summed E-state index contributed by atoms with van der Waals surface area (Å²) in [5.74, 6) is 0. The Morgan fingerprint density at radius 2 is 1.38 bits per heavy atom. The molecule has 0 fully saturated rings. The summed E-state index contributed by atoms with van der Waals surface area (Å²) in [6, 6.07) is 2.16. The van der Waals surface area contributed by atoms with Gasteiger partial charge in [-0.05, 0) is 12.0 Å². The Morgan fingerprint density at radius 1 is 0.812 bits per heavy atom. The molecule has 1 rings (SSSR count). The van der Waals surface area contributed by atoms with E-state index in [2.05, 4.69) is 6.07 Å². The van der Waals surface area contributed by atoms with Crippen LogP contribution in [0.5, 0.6) is 0 Å².